The molecule has 0 aliphatic carbocycles. The number of hydrogen-bond donors (Lipinski definition) is 1. The number of benzene rings is 2. The summed E-state index contributed by atoms with van der Waals surface area (Å²) in [6, 6.07) is 10.7. The second-order valence-corrected chi connectivity index (χ2v) is 8.30. The molecule has 0 saturated heterocycles. The molecule has 0 radical (unpaired) electrons. The fourth-order valence-corrected chi connectivity index (χ4v) is 3.59. The van der Waals surface area contributed by atoms with Crippen LogP contribution in [-0.2, 0) is 29.4 Å². The summed E-state index contributed by atoms with van der Waals surface area (Å²) in [6.45, 7) is 0.847. The van der Waals surface area contributed by atoms with Crippen molar-refractivity contribution >= 4 is 10.0 Å². The van der Waals surface area contributed by atoms with Crippen LogP contribution in [0.1, 0.15) is 23.6 Å². The predicted octanol–water partition coefficient (Wildman–Crippen LogP) is 2.49. The topological polar surface area (TPSA) is 89.8 Å². The minimum Gasteiger partial charge on any atom is -0.229 e. The number of tetrazole rings is 1. The highest BCUT2D eigenvalue weighted by Crippen LogP contribution is 2.30. The van der Waals surface area contributed by atoms with E-state index in [4.69, 9.17) is 0 Å². The van der Waals surface area contributed by atoms with E-state index in [2.05, 4.69) is 20.2 Å². The van der Waals surface area contributed by atoms with Gasteiger partial charge in [0.25, 0.3) is 5.92 Å². The highest BCUT2D eigenvalue weighted by molar-refractivity contribution is 7.89. The summed E-state index contributed by atoms with van der Waals surface area (Å²) in [7, 11) is -0.709. The lowest BCUT2D eigenvalue weighted by Crippen LogP contribution is -2.18. The van der Waals surface area contributed by atoms with E-state index in [9.17, 15) is 17.2 Å². The van der Waals surface area contributed by atoms with Gasteiger partial charge in [-0.3, -0.25) is 0 Å². The third kappa shape index (κ3) is 4.07. The fraction of sp³-hybridized carbons (Fsp3) is 0.278. The average Bonchev–Trinajstić information content (AvgIpc) is 3.07. The predicted molar refractivity (Wildman–Crippen MR) is 99.3 cm³/mol. The second-order valence-electron chi connectivity index (χ2n) is 6.42. The molecular weight excluding hydrogens is 388 g/mol. The van der Waals surface area contributed by atoms with Crippen molar-refractivity contribution < 1.29 is 17.2 Å². The lowest BCUT2D eigenvalue weighted by molar-refractivity contribution is 0.0174. The number of nitrogens with zero attached hydrogens (tertiary/aromatic N) is 4. The standard InChI is InChI=1S/C18H19F2N5O2S/c1-18(19,20)14-6-4-5-12(10-14)9-13-7-8-15(28(26,27)21-2)11-16(13)17-22-23-24-25(17)3/h4-8,10-11,21H,9H2,1-3H3. The van der Waals surface area contributed by atoms with Gasteiger partial charge in [-0.25, -0.2) is 26.6 Å². The first kappa shape index (κ1) is 20.0. The van der Waals surface area contributed by atoms with Gasteiger partial charge in [-0.15, -0.1) is 5.10 Å². The number of rotatable bonds is 6. The van der Waals surface area contributed by atoms with Crippen LogP contribution < -0.4 is 4.72 Å². The van der Waals surface area contributed by atoms with Gasteiger partial charge in [-0.05, 0) is 53.2 Å². The molecule has 0 saturated carbocycles. The van der Waals surface area contributed by atoms with Crippen molar-refractivity contribution in [3.05, 3.63) is 59.2 Å². The summed E-state index contributed by atoms with van der Waals surface area (Å²) in [6.07, 6.45) is 0.312. The molecule has 1 aromatic heterocycles. The van der Waals surface area contributed by atoms with Gasteiger partial charge in [0, 0.05) is 25.1 Å². The third-order valence-electron chi connectivity index (χ3n) is 4.35. The Morgan fingerprint density at radius 3 is 2.54 bits per heavy atom. The van der Waals surface area contributed by atoms with E-state index in [1.807, 2.05) is 0 Å². The quantitative estimate of drug-likeness (QED) is 0.678. The van der Waals surface area contributed by atoms with Crippen molar-refractivity contribution in [3.63, 3.8) is 0 Å². The van der Waals surface area contributed by atoms with Crippen LogP contribution in [0.15, 0.2) is 47.4 Å². The van der Waals surface area contributed by atoms with Crippen LogP contribution in [0.25, 0.3) is 11.4 Å². The third-order valence-corrected chi connectivity index (χ3v) is 5.76. The van der Waals surface area contributed by atoms with Crippen LogP contribution in [0, 0.1) is 0 Å². The molecule has 0 amide bonds. The Labute approximate surface area is 161 Å². The molecule has 0 fully saturated rings. The Bertz CT molecular complexity index is 1110. The SMILES string of the molecule is CNS(=O)(=O)c1ccc(Cc2cccc(C(C)(F)F)c2)c(-c2nnnn2C)c1. The van der Waals surface area contributed by atoms with Gasteiger partial charge in [0.05, 0.1) is 4.90 Å². The summed E-state index contributed by atoms with van der Waals surface area (Å²) in [4.78, 5) is 0.0607. The molecule has 1 N–H and O–H groups in total. The summed E-state index contributed by atoms with van der Waals surface area (Å²) < 4.78 is 55.3. The second kappa shape index (κ2) is 7.36. The average molecular weight is 407 g/mol. The van der Waals surface area contributed by atoms with Crippen LogP contribution in [0.4, 0.5) is 8.78 Å². The van der Waals surface area contributed by atoms with E-state index in [0.717, 1.165) is 6.92 Å². The smallest absolute Gasteiger partial charge is 0.229 e. The van der Waals surface area contributed by atoms with Crippen LogP contribution in [0.3, 0.4) is 0 Å². The van der Waals surface area contributed by atoms with Crippen molar-refractivity contribution in [1.82, 2.24) is 24.9 Å². The molecule has 3 aromatic rings. The molecule has 7 nitrogen and oxygen atoms in total. The van der Waals surface area contributed by atoms with Crippen molar-refractivity contribution in [1.29, 1.82) is 0 Å². The van der Waals surface area contributed by atoms with E-state index in [1.54, 1.807) is 25.2 Å². The minimum atomic E-state index is -3.67. The van der Waals surface area contributed by atoms with Crippen molar-refractivity contribution in [2.45, 2.75) is 24.2 Å². The lowest BCUT2D eigenvalue weighted by atomic mass is 9.97. The first-order valence-electron chi connectivity index (χ1n) is 8.38. The van der Waals surface area contributed by atoms with Gasteiger partial charge < -0.3 is 0 Å². The van der Waals surface area contributed by atoms with Crippen LogP contribution in [0.2, 0.25) is 0 Å². The first-order valence-corrected chi connectivity index (χ1v) is 9.86. The van der Waals surface area contributed by atoms with E-state index in [1.165, 1.54) is 36.0 Å². The minimum absolute atomic E-state index is 0.0607. The maximum atomic E-state index is 13.6. The molecule has 0 atom stereocenters. The van der Waals surface area contributed by atoms with Crippen molar-refractivity contribution in [2.24, 2.45) is 7.05 Å². The number of alkyl halides is 2. The molecule has 1 heterocycles. The Kier molecular flexibility index (Phi) is 5.26. The zero-order valence-corrected chi connectivity index (χ0v) is 16.3. The van der Waals surface area contributed by atoms with E-state index < -0.39 is 15.9 Å². The molecule has 148 valence electrons. The molecule has 0 aliphatic rings. The van der Waals surface area contributed by atoms with E-state index >= 15 is 0 Å². The van der Waals surface area contributed by atoms with E-state index in [0.29, 0.717) is 28.9 Å². The Morgan fingerprint density at radius 1 is 1.18 bits per heavy atom. The molecule has 3 rings (SSSR count). The number of aromatic nitrogens is 4. The van der Waals surface area contributed by atoms with Gasteiger partial charge in [0.1, 0.15) is 0 Å². The molecule has 2 aromatic carbocycles. The highest BCUT2D eigenvalue weighted by Gasteiger charge is 2.24. The Hall–Kier alpha value is -2.72. The highest BCUT2D eigenvalue weighted by atomic mass is 32.2. The zero-order valence-electron chi connectivity index (χ0n) is 15.5. The number of hydrogen-bond acceptors (Lipinski definition) is 5. The molecule has 0 unspecified atom stereocenters. The number of nitrogens with one attached hydrogen (secondary N) is 1. The van der Waals surface area contributed by atoms with Gasteiger partial charge in [0.15, 0.2) is 5.82 Å². The Morgan fingerprint density at radius 2 is 1.93 bits per heavy atom. The van der Waals surface area contributed by atoms with Crippen molar-refractivity contribution in [2.75, 3.05) is 7.05 Å². The van der Waals surface area contributed by atoms with E-state index in [-0.39, 0.29) is 10.5 Å². The number of halogens is 2. The monoisotopic (exact) mass is 407 g/mol. The summed E-state index contributed by atoms with van der Waals surface area (Å²) >= 11 is 0. The van der Waals surface area contributed by atoms with Crippen LogP contribution in [0.5, 0.6) is 0 Å². The summed E-state index contributed by atoms with van der Waals surface area (Å²) in [5.41, 5.74) is 1.81. The number of sulfonamides is 1. The van der Waals surface area contributed by atoms with Gasteiger partial charge in [0.2, 0.25) is 10.0 Å². The zero-order chi connectivity index (χ0) is 20.5. The van der Waals surface area contributed by atoms with Gasteiger partial charge in [-0.2, -0.15) is 0 Å². The lowest BCUT2D eigenvalue weighted by Gasteiger charge is -2.14. The fourth-order valence-electron chi connectivity index (χ4n) is 2.83. The summed E-state index contributed by atoms with van der Waals surface area (Å²) in [5, 5.41) is 11.4. The number of aryl methyl sites for hydroxylation is 1. The van der Waals surface area contributed by atoms with Gasteiger partial charge in [-0.1, -0.05) is 24.3 Å². The maximum Gasteiger partial charge on any atom is 0.270 e. The normalized spacial score (nSPS) is 12.3. The Balaban J connectivity index is 2.10. The summed E-state index contributed by atoms with van der Waals surface area (Å²) in [5.74, 6) is -2.57. The molecule has 0 aliphatic heterocycles. The molecule has 10 heteroatoms. The molecule has 0 bridgehead atoms. The largest absolute Gasteiger partial charge is 0.270 e. The molecular formula is C18H19F2N5O2S. The van der Waals surface area contributed by atoms with Crippen LogP contribution in [-0.4, -0.2) is 35.7 Å². The molecule has 0 spiro atoms. The maximum absolute atomic E-state index is 13.6. The van der Waals surface area contributed by atoms with Gasteiger partial charge >= 0.3 is 0 Å². The first-order chi connectivity index (χ1) is 13.1. The molecule has 28 heavy (non-hydrogen) atoms. The van der Waals surface area contributed by atoms with Crippen molar-refractivity contribution in [3.8, 4) is 11.4 Å². The van der Waals surface area contributed by atoms with Crippen LogP contribution >= 0.6 is 0 Å².